The van der Waals surface area contributed by atoms with E-state index < -0.39 is 0 Å². The first-order chi connectivity index (χ1) is 12.2. The van der Waals surface area contributed by atoms with Gasteiger partial charge < -0.3 is 10.1 Å². The van der Waals surface area contributed by atoms with Crippen LogP contribution < -0.4 is 10.1 Å². The lowest BCUT2D eigenvalue weighted by Gasteiger charge is -2.16. The normalized spacial score (nSPS) is 15.7. The standard InChI is InChI=1S/C20H20N4O/c1-13-11-19(24-20(22-13)14-5-4-10-21-12-14)23-17-9-8-16-15(17)6-3-7-18(16)25-2/h3-7,10-12,17H,8-9H2,1-2H3,(H,22,23,24). The summed E-state index contributed by atoms with van der Waals surface area (Å²) in [6, 6.07) is 12.3. The lowest BCUT2D eigenvalue weighted by molar-refractivity contribution is 0.410. The molecule has 0 radical (unpaired) electrons. The molecule has 0 fully saturated rings. The van der Waals surface area contributed by atoms with Gasteiger partial charge in [0.25, 0.3) is 0 Å². The van der Waals surface area contributed by atoms with Gasteiger partial charge in [0.15, 0.2) is 5.82 Å². The minimum absolute atomic E-state index is 0.237. The largest absolute Gasteiger partial charge is 0.496 e. The molecule has 4 rings (SSSR count). The highest BCUT2D eigenvalue weighted by Gasteiger charge is 2.25. The first-order valence-electron chi connectivity index (χ1n) is 8.43. The first kappa shape index (κ1) is 15.6. The van der Waals surface area contributed by atoms with Crippen LogP contribution in [0.1, 0.15) is 29.3 Å². The zero-order chi connectivity index (χ0) is 17.2. The summed E-state index contributed by atoms with van der Waals surface area (Å²) in [5.41, 5.74) is 4.43. The Morgan fingerprint density at radius 3 is 2.88 bits per heavy atom. The number of nitrogens with one attached hydrogen (secondary N) is 1. The van der Waals surface area contributed by atoms with Gasteiger partial charge in [0.05, 0.1) is 13.2 Å². The Bertz CT molecular complexity index is 895. The summed E-state index contributed by atoms with van der Waals surface area (Å²) in [5.74, 6) is 2.50. The topological polar surface area (TPSA) is 59.9 Å². The van der Waals surface area contributed by atoms with Gasteiger partial charge in [0.2, 0.25) is 0 Å². The van der Waals surface area contributed by atoms with Crippen molar-refractivity contribution in [2.75, 3.05) is 12.4 Å². The summed E-state index contributed by atoms with van der Waals surface area (Å²) in [5, 5.41) is 3.57. The molecule has 0 saturated carbocycles. The zero-order valence-electron chi connectivity index (χ0n) is 14.4. The number of fused-ring (bicyclic) bond motifs is 1. The van der Waals surface area contributed by atoms with Gasteiger partial charge in [0.1, 0.15) is 11.6 Å². The molecule has 1 atom stereocenters. The molecule has 126 valence electrons. The van der Waals surface area contributed by atoms with E-state index in [1.54, 1.807) is 19.5 Å². The molecule has 1 unspecified atom stereocenters. The van der Waals surface area contributed by atoms with Crippen molar-refractivity contribution in [2.45, 2.75) is 25.8 Å². The van der Waals surface area contributed by atoms with E-state index >= 15 is 0 Å². The van der Waals surface area contributed by atoms with Crippen molar-refractivity contribution < 1.29 is 4.74 Å². The van der Waals surface area contributed by atoms with Crippen molar-refractivity contribution in [3.8, 4) is 17.1 Å². The third-order valence-electron chi connectivity index (χ3n) is 4.54. The van der Waals surface area contributed by atoms with E-state index in [1.165, 1.54) is 11.1 Å². The molecule has 1 N–H and O–H groups in total. The summed E-state index contributed by atoms with van der Waals surface area (Å²) in [6.07, 6.45) is 5.58. The average Bonchev–Trinajstić information content (AvgIpc) is 3.05. The molecule has 25 heavy (non-hydrogen) atoms. The van der Waals surface area contributed by atoms with Crippen molar-refractivity contribution in [3.63, 3.8) is 0 Å². The Morgan fingerprint density at radius 2 is 2.08 bits per heavy atom. The number of hydrogen-bond donors (Lipinski definition) is 1. The third kappa shape index (κ3) is 3.05. The molecular formula is C20H20N4O. The highest BCUT2D eigenvalue weighted by Crippen LogP contribution is 2.38. The number of nitrogens with zero attached hydrogens (tertiary/aromatic N) is 3. The number of aromatic nitrogens is 3. The van der Waals surface area contributed by atoms with Crippen LogP contribution in [-0.2, 0) is 6.42 Å². The molecule has 2 heterocycles. The molecule has 3 aromatic rings. The molecule has 5 nitrogen and oxygen atoms in total. The van der Waals surface area contributed by atoms with E-state index in [9.17, 15) is 0 Å². The zero-order valence-corrected chi connectivity index (χ0v) is 14.4. The average molecular weight is 332 g/mol. The number of ether oxygens (including phenoxy) is 1. The van der Waals surface area contributed by atoms with Gasteiger partial charge >= 0.3 is 0 Å². The second-order valence-corrected chi connectivity index (χ2v) is 6.22. The van der Waals surface area contributed by atoms with Gasteiger partial charge in [-0.3, -0.25) is 4.98 Å². The summed E-state index contributed by atoms with van der Waals surface area (Å²) in [4.78, 5) is 13.4. The Morgan fingerprint density at radius 1 is 1.16 bits per heavy atom. The van der Waals surface area contributed by atoms with Crippen LogP contribution in [0.2, 0.25) is 0 Å². The van der Waals surface area contributed by atoms with Gasteiger partial charge in [-0.2, -0.15) is 0 Å². The smallest absolute Gasteiger partial charge is 0.163 e. The monoisotopic (exact) mass is 332 g/mol. The van der Waals surface area contributed by atoms with Crippen molar-refractivity contribution in [3.05, 3.63) is 65.6 Å². The number of methoxy groups -OCH3 is 1. The van der Waals surface area contributed by atoms with Crippen LogP contribution in [0.4, 0.5) is 5.82 Å². The molecule has 1 aliphatic rings. The fourth-order valence-corrected chi connectivity index (χ4v) is 3.41. The molecule has 0 amide bonds. The fraction of sp³-hybridized carbons (Fsp3) is 0.250. The van der Waals surface area contributed by atoms with Crippen LogP contribution in [0.25, 0.3) is 11.4 Å². The Balaban J connectivity index is 1.64. The predicted octanol–water partition coefficient (Wildman–Crippen LogP) is 3.96. The highest BCUT2D eigenvalue weighted by molar-refractivity contribution is 5.57. The number of hydrogen-bond acceptors (Lipinski definition) is 5. The first-order valence-corrected chi connectivity index (χ1v) is 8.43. The number of aryl methyl sites for hydroxylation is 1. The summed E-state index contributed by atoms with van der Waals surface area (Å²) >= 11 is 0. The van der Waals surface area contributed by atoms with E-state index in [0.717, 1.165) is 35.7 Å². The second-order valence-electron chi connectivity index (χ2n) is 6.22. The van der Waals surface area contributed by atoms with Gasteiger partial charge in [-0.25, -0.2) is 9.97 Å². The van der Waals surface area contributed by atoms with Gasteiger partial charge in [0, 0.05) is 29.7 Å². The maximum atomic E-state index is 5.49. The SMILES string of the molecule is COc1cccc2c1CCC2Nc1cc(C)nc(-c2cccnc2)n1. The van der Waals surface area contributed by atoms with Crippen molar-refractivity contribution in [2.24, 2.45) is 0 Å². The number of pyridine rings is 1. The molecule has 5 heteroatoms. The number of anilines is 1. The molecule has 1 aromatic carbocycles. The Kier molecular flexibility index (Phi) is 4.06. The quantitative estimate of drug-likeness (QED) is 0.784. The number of rotatable bonds is 4. The Labute approximate surface area is 147 Å². The molecule has 0 bridgehead atoms. The lowest BCUT2D eigenvalue weighted by atomic mass is 10.1. The minimum atomic E-state index is 0.237. The van der Waals surface area contributed by atoms with E-state index in [1.807, 2.05) is 37.3 Å². The molecule has 0 aliphatic heterocycles. The fourth-order valence-electron chi connectivity index (χ4n) is 3.41. The van der Waals surface area contributed by atoms with Gasteiger partial charge in [-0.05, 0) is 49.1 Å². The highest BCUT2D eigenvalue weighted by atomic mass is 16.5. The summed E-state index contributed by atoms with van der Waals surface area (Å²) < 4.78 is 5.49. The van der Waals surface area contributed by atoms with Crippen molar-refractivity contribution >= 4 is 5.82 Å². The lowest BCUT2D eigenvalue weighted by Crippen LogP contribution is -2.10. The molecule has 1 aliphatic carbocycles. The summed E-state index contributed by atoms with van der Waals surface area (Å²) in [7, 11) is 1.73. The minimum Gasteiger partial charge on any atom is -0.496 e. The predicted molar refractivity (Wildman–Crippen MR) is 97.7 cm³/mol. The van der Waals surface area contributed by atoms with Gasteiger partial charge in [-0.15, -0.1) is 0 Å². The summed E-state index contributed by atoms with van der Waals surface area (Å²) in [6.45, 7) is 1.98. The van der Waals surface area contributed by atoms with Crippen molar-refractivity contribution in [1.82, 2.24) is 15.0 Å². The molecule has 0 spiro atoms. The van der Waals surface area contributed by atoms with Crippen LogP contribution in [0.3, 0.4) is 0 Å². The van der Waals surface area contributed by atoms with Crippen LogP contribution >= 0.6 is 0 Å². The van der Waals surface area contributed by atoms with E-state index in [4.69, 9.17) is 4.74 Å². The van der Waals surface area contributed by atoms with Crippen LogP contribution in [0.15, 0.2) is 48.8 Å². The second kappa shape index (κ2) is 6.51. The van der Waals surface area contributed by atoms with Gasteiger partial charge in [-0.1, -0.05) is 12.1 Å². The van der Waals surface area contributed by atoms with Crippen LogP contribution in [0, 0.1) is 6.92 Å². The maximum absolute atomic E-state index is 5.49. The van der Waals surface area contributed by atoms with Crippen LogP contribution in [0.5, 0.6) is 5.75 Å². The molecule has 2 aromatic heterocycles. The van der Waals surface area contributed by atoms with E-state index in [2.05, 4.69) is 26.3 Å². The molecule has 0 saturated heterocycles. The van der Waals surface area contributed by atoms with Crippen LogP contribution in [-0.4, -0.2) is 22.1 Å². The molecular weight excluding hydrogens is 312 g/mol. The Hall–Kier alpha value is -2.95. The van der Waals surface area contributed by atoms with E-state index in [-0.39, 0.29) is 6.04 Å². The maximum Gasteiger partial charge on any atom is 0.163 e. The third-order valence-corrected chi connectivity index (χ3v) is 4.54. The van der Waals surface area contributed by atoms with Crippen molar-refractivity contribution in [1.29, 1.82) is 0 Å². The van der Waals surface area contributed by atoms with E-state index in [0.29, 0.717) is 5.82 Å². The number of benzene rings is 1.